The standard InChI is InChI=1S/C13H25N3O/c14-11-7-8-16(9-11)10-13(17)15-12-5-3-1-2-4-6-12/h11-12H,1-10,14H2,(H,15,17). The van der Waals surface area contributed by atoms with E-state index in [4.69, 9.17) is 5.73 Å². The Morgan fingerprint density at radius 1 is 1.18 bits per heavy atom. The molecule has 1 heterocycles. The molecule has 3 N–H and O–H groups in total. The first-order chi connectivity index (χ1) is 8.24. The minimum atomic E-state index is 0.186. The number of rotatable bonds is 3. The van der Waals surface area contributed by atoms with Crippen LogP contribution in [-0.2, 0) is 4.79 Å². The molecule has 1 aliphatic carbocycles. The van der Waals surface area contributed by atoms with Crippen LogP contribution in [0.5, 0.6) is 0 Å². The van der Waals surface area contributed by atoms with Crippen LogP contribution in [0.3, 0.4) is 0 Å². The number of carbonyl (C=O) groups excluding carboxylic acids is 1. The maximum Gasteiger partial charge on any atom is 0.234 e. The van der Waals surface area contributed by atoms with Crippen molar-refractivity contribution in [2.45, 2.75) is 57.0 Å². The van der Waals surface area contributed by atoms with Crippen molar-refractivity contribution >= 4 is 5.91 Å². The van der Waals surface area contributed by atoms with Crippen molar-refractivity contribution in [2.75, 3.05) is 19.6 Å². The number of nitrogens with one attached hydrogen (secondary N) is 1. The van der Waals surface area contributed by atoms with Crippen LogP contribution in [0.4, 0.5) is 0 Å². The number of carbonyl (C=O) groups is 1. The molecule has 4 heteroatoms. The Morgan fingerprint density at radius 3 is 2.47 bits per heavy atom. The molecule has 0 radical (unpaired) electrons. The molecule has 1 saturated heterocycles. The van der Waals surface area contributed by atoms with Crippen molar-refractivity contribution in [2.24, 2.45) is 5.73 Å². The Bertz CT molecular complexity index is 249. The van der Waals surface area contributed by atoms with Gasteiger partial charge >= 0.3 is 0 Å². The van der Waals surface area contributed by atoms with Gasteiger partial charge in [0.1, 0.15) is 0 Å². The van der Waals surface area contributed by atoms with Gasteiger partial charge in [-0.2, -0.15) is 0 Å². The number of amides is 1. The van der Waals surface area contributed by atoms with Crippen molar-refractivity contribution in [3.8, 4) is 0 Å². The van der Waals surface area contributed by atoms with E-state index in [9.17, 15) is 4.79 Å². The van der Waals surface area contributed by atoms with E-state index in [1.807, 2.05) is 0 Å². The highest BCUT2D eigenvalue weighted by Gasteiger charge is 2.22. The molecule has 0 spiro atoms. The third-order valence-electron chi connectivity index (χ3n) is 3.90. The first-order valence-corrected chi connectivity index (χ1v) is 7.01. The summed E-state index contributed by atoms with van der Waals surface area (Å²) >= 11 is 0. The normalized spacial score (nSPS) is 27.9. The van der Waals surface area contributed by atoms with Crippen LogP contribution in [0.15, 0.2) is 0 Å². The summed E-state index contributed by atoms with van der Waals surface area (Å²) in [4.78, 5) is 14.1. The van der Waals surface area contributed by atoms with Gasteiger partial charge in [0, 0.05) is 25.2 Å². The van der Waals surface area contributed by atoms with E-state index in [0.717, 1.165) is 32.4 Å². The summed E-state index contributed by atoms with van der Waals surface area (Å²) in [6.07, 6.45) is 8.52. The van der Waals surface area contributed by atoms with Crippen LogP contribution in [0.25, 0.3) is 0 Å². The van der Waals surface area contributed by atoms with Gasteiger partial charge in [-0.3, -0.25) is 9.69 Å². The summed E-state index contributed by atoms with van der Waals surface area (Å²) in [5.74, 6) is 0.186. The molecule has 0 aromatic heterocycles. The van der Waals surface area contributed by atoms with Crippen LogP contribution in [0.1, 0.15) is 44.9 Å². The fourth-order valence-corrected chi connectivity index (χ4v) is 2.91. The van der Waals surface area contributed by atoms with E-state index in [1.54, 1.807) is 0 Å². The van der Waals surface area contributed by atoms with Crippen molar-refractivity contribution in [1.82, 2.24) is 10.2 Å². The zero-order valence-electron chi connectivity index (χ0n) is 10.7. The molecular formula is C13H25N3O. The smallest absolute Gasteiger partial charge is 0.234 e. The molecule has 0 aromatic carbocycles. The highest BCUT2D eigenvalue weighted by Crippen LogP contribution is 2.17. The first-order valence-electron chi connectivity index (χ1n) is 7.01. The SMILES string of the molecule is NC1CCN(CC(=O)NC2CCCCCC2)C1. The van der Waals surface area contributed by atoms with Gasteiger partial charge in [0.2, 0.25) is 5.91 Å². The molecule has 1 atom stereocenters. The molecule has 98 valence electrons. The van der Waals surface area contributed by atoms with Gasteiger partial charge in [-0.25, -0.2) is 0 Å². The quantitative estimate of drug-likeness (QED) is 0.718. The number of nitrogens with two attached hydrogens (primary N) is 1. The van der Waals surface area contributed by atoms with Gasteiger partial charge in [-0.15, -0.1) is 0 Å². The minimum Gasteiger partial charge on any atom is -0.352 e. The number of nitrogens with zero attached hydrogens (tertiary/aromatic N) is 1. The van der Waals surface area contributed by atoms with Crippen LogP contribution in [0.2, 0.25) is 0 Å². The molecule has 2 aliphatic rings. The van der Waals surface area contributed by atoms with E-state index in [-0.39, 0.29) is 11.9 Å². The summed E-state index contributed by atoms with van der Waals surface area (Å²) < 4.78 is 0. The van der Waals surface area contributed by atoms with Crippen LogP contribution >= 0.6 is 0 Å². The Labute approximate surface area is 104 Å². The van der Waals surface area contributed by atoms with Crippen molar-refractivity contribution < 1.29 is 4.79 Å². The predicted molar refractivity (Wildman–Crippen MR) is 68.7 cm³/mol. The lowest BCUT2D eigenvalue weighted by Crippen LogP contribution is -2.41. The second kappa shape index (κ2) is 6.36. The minimum absolute atomic E-state index is 0.186. The molecule has 1 saturated carbocycles. The van der Waals surface area contributed by atoms with E-state index in [2.05, 4.69) is 10.2 Å². The number of likely N-dealkylation sites (tertiary alicyclic amines) is 1. The van der Waals surface area contributed by atoms with Crippen molar-refractivity contribution in [1.29, 1.82) is 0 Å². The molecule has 1 amide bonds. The predicted octanol–water partition coefficient (Wildman–Crippen LogP) is 0.858. The average Bonchev–Trinajstić information content (AvgIpc) is 2.53. The Balaban J connectivity index is 1.69. The van der Waals surface area contributed by atoms with Gasteiger partial charge in [0.25, 0.3) is 0 Å². The summed E-state index contributed by atoms with van der Waals surface area (Å²) in [5, 5.41) is 3.18. The Hall–Kier alpha value is -0.610. The van der Waals surface area contributed by atoms with E-state index < -0.39 is 0 Å². The molecule has 0 bridgehead atoms. The molecule has 1 unspecified atom stereocenters. The van der Waals surface area contributed by atoms with Crippen molar-refractivity contribution in [3.05, 3.63) is 0 Å². The Kier molecular flexibility index (Phi) is 4.80. The molecule has 2 fully saturated rings. The van der Waals surface area contributed by atoms with Gasteiger partial charge in [0.05, 0.1) is 6.54 Å². The van der Waals surface area contributed by atoms with Crippen LogP contribution < -0.4 is 11.1 Å². The summed E-state index contributed by atoms with van der Waals surface area (Å²) in [7, 11) is 0. The summed E-state index contributed by atoms with van der Waals surface area (Å²) in [6, 6.07) is 0.682. The molecule has 4 nitrogen and oxygen atoms in total. The third-order valence-corrected chi connectivity index (χ3v) is 3.90. The lowest BCUT2D eigenvalue weighted by molar-refractivity contribution is -0.122. The van der Waals surface area contributed by atoms with Crippen LogP contribution in [-0.4, -0.2) is 42.5 Å². The third kappa shape index (κ3) is 4.28. The average molecular weight is 239 g/mol. The topological polar surface area (TPSA) is 58.4 Å². The highest BCUT2D eigenvalue weighted by molar-refractivity contribution is 5.78. The highest BCUT2D eigenvalue weighted by atomic mass is 16.2. The summed E-state index contributed by atoms with van der Waals surface area (Å²) in [6.45, 7) is 2.38. The number of hydrogen-bond donors (Lipinski definition) is 2. The Morgan fingerprint density at radius 2 is 1.88 bits per heavy atom. The molecule has 17 heavy (non-hydrogen) atoms. The zero-order chi connectivity index (χ0) is 12.1. The van der Waals surface area contributed by atoms with Crippen LogP contribution in [0, 0.1) is 0 Å². The van der Waals surface area contributed by atoms with E-state index >= 15 is 0 Å². The molecule has 0 aromatic rings. The lowest BCUT2D eigenvalue weighted by atomic mass is 10.1. The molecule has 1 aliphatic heterocycles. The van der Waals surface area contributed by atoms with Crippen molar-refractivity contribution in [3.63, 3.8) is 0 Å². The number of hydrogen-bond acceptors (Lipinski definition) is 3. The van der Waals surface area contributed by atoms with Gasteiger partial charge in [-0.05, 0) is 19.3 Å². The largest absolute Gasteiger partial charge is 0.352 e. The molecular weight excluding hydrogens is 214 g/mol. The maximum absolute atomic E-state index is 11.9. The second-order valence-corrected chi connectivity index (χ2v) is 5.54. The van der Waals surface area contributed by atoms with Gasteiger partial charge in [0.15, 0.2) is 0 Å². The molecule has 2 rings (SSSR count). The van der Waals surface area contributed by atoms with Gasteiger partial charge in [-0.1, -0.05) is 25.7 Å². The fraction of sp³-hybridized carbons (Fsp3) is 0.923. The lowest BCUT2D eigenvalue weighted by Gasteiger charge is -2.19. The zero-order valence-corrected chi connectivity index (χ0v) is 10.7. The fourth-order valence-electron chi connectivity index (χ4n) is 2.91. The first kappa shape index (κ1) is 12.8. The second-order valence-electron chi connectivity index (χ2n) is 5.54. The van der Waals surface area contributed by atoms with Gasteiger partial charge < -0.3 is 11.1 Å². The van der Waals surface area contributed by atoms with E-state index in [0.29, 0.717) is 12.6 Å². The monoisotopic (exact) mass is 239 g/mol. The maximum atomic E-state index is 11.9. The summed E-state index contributed by atoms with van der Waals surface area (Å²) in [5.41, 5.74) is 5.83. The van der Waals surface area contributed by atoms with E-state index in [1.165, 1.54) is 25.7 Å².